The molecule has 40 heavy (non-hydrogen) atoms. The summed E-state index contributed by atoms with van der Waals surface area (Å²) >= 11 is 7.70. The topological polar surface area (TPSA) is 98.0 Å². The van der Waals surface area contributed by atoms with E-state index >= 15 is 0 Å². The van der Waals surface area contributed by atoms with Crippen LogP contribution in [0.4, 0.5) is 16.2 Å². The van der Waals surface area contributed by atoms with Gasteiger partial charge in [0.25, 0.3) is 5.91 Å². The van der Waals surface area contributed by atoms with Crippen LogP contribution in [0, 0.1) is 12.8 Å². The Hall–Kier alpha value is -3.60. The standard InChI is InChI=1S/C29H32ClN5O4S/c1-18(14-30)15-35(28(37)25-11-20-10-21(31-17-36)4-5-24(20)32-25)22-12-23-19(2)16-40-27(23)26(13-22)39-29(38)34-8-6-33(3)7-9-34/h4-5,10-13,16-18,32H,6-9,14-15H2,1-3H3,(H,31,36)/t18-/m0/s1. The van der Waals surface area contributed by atoms with Crippen LogP contribution in [0.2, 0.25) is 0 Å². The molecule has 0 radical (unpaired) electrons. The summed E-state index contributed by atoms with van der Waals surface area (Å²) in [6.07, 6.45) is 0.228. The molecule has 1 aliphatic rings. The van der Waals surface area contributed by atoms with Gasteiger partial charge < -0.3 is 29.7 Å². The number of H-pyrrole nitrogens is 1. The zero-order valence-electron chi connectivity index (χ0n) is 22.7. The van der Waals surface area contributed by atoms with Gasteiger partial charge in [-0.15, -0.1) is 22.9 Å². The summed E-state index contributed by atoms with van der Waals surface area (Å²) in [6.45, 7) is 7.14. The van der Waals surface area contributed by atoms with Gasteiger partial charge >= 0.3 is 6.09 Å². The van der Waals surface area contributed by atoms with Crippen molar-refractivity contribution in [2.45, 2.75) is 13.8 Å². The maximum absolute atomic E-state index is 14.0. The summed E-state index contributed by atoms with van der Waals surface area (Å²) in [5.74, 6) is 0.588. The van der Waals surface area contributed by atoms with E-state index in [9.17, 15) is 14.4 Å². The lowest BCUT2D eigenvalue weighted by molar-refractivity contribution is -0.105. The first-order valence-corrected chi connectivity index (χ1v) is 14.6. The fraction of sp³-hybridized carbons (Fsp3) is 0.345. The smallest absolute Gasteiger partial charge is 0.409 e. The van der Waals surface area contributed by atoms with Crippen LogP contribution in [0.3, 0.4) is 0 Å². The van der Waals surface area contributed by atoms with Crippen LogP contribution in [0.15, 0.2) is 41.8 Å². The number of aromatic nitrogens is 1. The number of thiophene rings is 1. The van der Waals surface area contributed by atoms with E-state index in [4.69, 9.17) is 16.3 Å². The molecule has 210 valence electrons. The number of hydrogen-bond acceptors (Lipinski definition) is 6. The molecule has 4 aromatic rings. The number of aromatic amines is 1. The van der Waals surface area contributed by atoms with Crippen LogP contribution < -0.4 is 15.0 Å². The number of rotatable bonds is 8. The maximum Gasteiger partial charge on any atom is 0.415 e. The summed E-state index contributed by atoms with van der Waals surface area (Å²) in [6, 6.07) is 10.9. The highest BCUT2D eigenvalue weighted by molar-refractivity contribution is 7.17. The van der Waals surface area contributed by atoms with Crippen molar-refractivity contribution in [3.05, 3.63) is 53.0 Å². The van der Waals surface area contributed by atoms with E-state index < -0.39 is 0 Å². The van der Waals surface area contributed by atoms with Gasteiger partial charge in [-0.3, -0.25) is 9.59 Å². The number of amides is 3. The lowest BCUT2D eigenvalue weighted by Gasteiger charge is -2.31. The van der Waals surface area contributed by atoms with Gasteiger partial charge in [-0.1, -0.05) is 6.92 Å². The van der Waals surface area contributed by atoms with Gasteiger partial charge in [0.1, 0.15) is 5.69 Å². The molecule has 11 heteroatoms. The minimum Gasteiger partial charge on any atom is -0.409 e. The molecule has 0 aliphatic carbocycles. The Labute approximate surface area is 241 Å². The molecule has 1 aliphatic heterocycles. The minimum absolute atomic E-state index is 0.00833. The predicted molar refractivity (Wildman–Crippen MR) is 161 cm³/mol. The van der Waals surface area contributed by atoms with Crippen molar-refractivity contribution in [1.82, 2.24) is 14.8 Å². The number of alkyl halides is 1. The summed E-state index contributed by atoms with van der Waals surface area (Å²) in [5, 5.41) is 6.39. The second-order valence-corrected chi connectivity index (χ2v) is 11.5. The lowest BCUT2D eigenvalue weighted by atomic mass is 10.1. The second-order valence-electron chi connectivity index (χ2n) is 10.3. The molecular formula is C29H32ClN5O4S. The van der Waals surface area contributed by atoms with Crippen molar-refractivity contribution in [3.63, 3.8) is 0 Å². The molecule has 3 heterocycles. The molecule has 2 aromatic carbocycles. The van der Waals surface area contributed by atoms with Crippen molar-refractivity contribution in [2.75, 3.05) is 55.9 Å². The number of likely N-dealkylation sites (N-methyl/N-ethyl adjacent to an activating group) is 1. The molecular weight excluding hydrogens is 550 g/mol. The van der Waals surface area contributed by atoms with Gasteiger partial charge in [0.15, 0.2) is 5.75 Å². The Morgan fingerprint density at radius 3 is 2.70 bits per heavy atom. The lowest BCUT2D eigenvalue weighted by Crippen LogP contribution is -2.48. The molecule has 9 nitrogen and oxygen atoms in total. The molecule has 1 atom stereocenters. The van der Waals surface area contributed by atoms with Crippen molar-refractivity contribution in [1.29, 1.82) is 0 Å². The van der Waals surface area contributed by atoms with E-state index in [-0.39, 0.29) is 17.9 Å². The molecule has 3 amide bonds. The SMILES string of the molecule is Cc1csc2c(OC(=O)N3CCN(C)CC3)cc(N(C[C@@H](C)CCl)C(=O)c3cc4cc(NC=O)ccc4[nH]3)cc12. The molecule has 0 unspecified atom stereocenters. The van der Waals surface area contributed by atoms with E-state index in [1.807, 2.05) is 38.4 Å². The Morgan fingerprint density at radius 2 is 1.98 bits per heavy atom. The summed E-state index contributed by atoms with van der Waals surface area (Å²) < 4.78 is 6.84. The average molecular weight is 582 g/mol. The number of halogens is 1. The van der Waals surface area contributed by atoms with E-state index in [2.05, 4.69) is 15.2 Å². The number of aryl methyl sites for hydroxylation is 1. The number of nitrogens with one attached hydrogen (secondary N) is 2. The fourth-order valence-corrected chi connectivity index (χ4v) is 5.89. The zero-order chi connectivity index (χ0) is 28.4. The van der Waals surface area contributed by atoms with Gasteiger partial charge in [-0.25, -0.2) is 4.79 Å². The highest BCUT2D eigenvalue weighted by Crippen LogP contribution is 2.39. The highest BCUT2D eigenvalue weighted by Gasteiger charge is 2.26. The molecule has 2 N–H and O–H groups in total. The van der Waals surface area contributed by atoms with Gasteiger partial charge in [0, 0.05) is 72.3 Å². The summed E-state index contributed by atoms with van der Waals surface area (Å²) in [5.41, 5.74) is 3.48. The van der Waals surface area contributed by atoms with E-state index in [0.29, 0.717) is 54.7 Å². The van der Waals surface area contributed by atoms with E-state index in [0.717, 1.165) is 39.6 Å². The zero-order valence-corrected chi connectivity index (χ0v) is 24.3. The van der Waals surface area contributed by atoms with Crippen LogP contribution >= 0.6 is 22.9 Å². The van der Waals surface area contributed by atoms with Crippen molar-refractivity contribution >= 4 is 73.7 Å². The Balaban J connectivity index is 1.52. The van der Waals surface area contributed by atoms with Gasteiger partial charge in [-0.2, -0.15) is 0 Å². The molecule has 0 bridgehead atoms. The number of nitrogens with zero attached hydrogens (tertiary/aromatic N) is 3. The third-order valence-electron chi connectivity index (χ3n) is 7.17. The quantitative estimate of drug-likeness (QED) is 0.211. The van der Waals surface area contributed by atoms with Crippen molar-refractivity contribution < 1.29 is 19.1 Å². The summed E-state index contributed by atoms with van der Waals surface area (Å²) in [7, 11) is 2.03. The number of benzene rings is 2. The Morgan fingerprint density at radius 1 is 1.20 bits per heavy atom. The second kappa shape index (κ2) is 11.9. The molecule has 0 spiro atoms. The Kier molecular flexibility index (Phi) is 8.30. The van der Waals surface area contributed by atoms with Crippen LogP contribution in [0.25, 0.3) is 21.0 Å². The predicted octanol–water partition coefficient (Wildman–Crippen LogP) is 5.53. The number of fused-ring (bicyclic) bond motifs is 2. The number of hydrogen-bond donors (Lipinski definition) is 2. The first-order valence-electron chi connectivity index (χ1n) is 13.1. The molecule has 0 saturated carbocycles. The first kappa shape index (κ1) is 27.9. The minimum atomic E-state index is -0.389. The number of piperazine rings is 1. The normalized spacial score (nSPS) is 14.8. The maximum atomic E-state index is 14.0. The van der Waals surface area contributed by atoms with Crippen molar-refractivity contribution in [3.8, 4) is 5.75 Å². The molecule has 2 aromatic heterocycles. The third kappa shape index (κ3) is 5.79. The van der Waals surface area contributed by atoms with Gasteiger partial charge in [-0.05, 0) is 61.2 Å². The number of carbonyl (C=O) groups is 3. The van der Waals surface area contributed by atoms with Gasteiger partial charge in [0.05, 0.1) is 4.70 Å². The monoisotopic (exact) mass is 581 g/mol. The van der Waals surface area contributed by atoms with Gasteiger partial charge in [0.2, 0.25) is 6.41 Å². The van der Waals surface area contributed by atoms with Crippen LogP contribution in [0.1, 0.15) is 23.0 Å². The average Bonchev–Trinajstić information content (AvgIpc) is 3.55. The van der Waals surface area contributed by atoms with Crippen LogP contribution in [-0.2, 0) is 4.79 Å². The number of ether oxygens (including phenoxy) is 1. The third-order valence-corrected chi connectivity index (χ3v) is 8.82. The molecule has 1 saturated heterocycles. The largest absolute Gasteiger partial charge is 0.415 e. The first-order chi connectivity index (χ1) is 19.3. The molecule has 1 fully saturated rings. The fourth-order valence-electron chi connectivity index (χ4n) is 4.81. The summed E-state index contributed by atoms with van der Waals surface area (Å²) in [4.78, 5) is 46.8. The number of anilines is 2. The molecule has 5 rings (SSSR count). The van der Waals surface area contributed by atoms with Crippen molar-refractivity contribution in [2.24, 2.45) is 5.92 Å². The highest BCUT2D eigenvalue weighted by atomic mass is 35.5. The van der Waals surface area contributed by atoms with Crippen LogP contribution in [0.5, 0.6) is 5.75 Å². The van der Waals surface area contributed by atoms with E-state index in [1.54, 1.807) is 34.1 Å². The number of carbonyl (C=O) groups excluding carboxylic acids is 3. The Bertz CT molecular complexity index is 1560. The van der Waals surface area contributed by atoms with E-state index in [1.165, 1.54) is 11.3 Å². The van der Waals surface area contributed by atoms with Crippen LogP contribution in [-0.4, -0.2) is 78.8 Å².